The molecule has 0 aliphatic carbocycles. The summed E-state index contributed by atoms with van der Waals surface area (Å²) >= 11 is 0. The number of para-hydroxylation sites is 1. The molecule has 136 valence electrons. The van der Waals surface area contributed by atoms with Crippen molar-refractivity contribution in [2.45, 2.75) is 24.3 Å². The van der Waals surface area contributed by atoms with Crippen LogP contribution in [-0.2, 0) is 21.2 Å². The third kappa shape index (κ3) is 3.01. The van der Waals surface area contributed by atoms with Gasteiger partial charge in [-0.1, -0.05) is 18.2 Å². The topological polar surface area (TPSA) is 110 Å². The molecule has 2 aromatic carbocycles. The van der Waals surface area contributed by atoms with E-state index < -0.39 is 21.0 Å². The fourth-order valence-corrected chi connectivity index (χ4v) is 4.65. The Hall–Kier alpha value is -2.94. The first-order valence-corrected chi connectivity index (χ1v) is 9.44. The summed E-state index contributed by atoms with van der Waals surface area (Å²) in [7, 11) is -4.06. The maximum atomic E-state index is 13.2. The summed E-state index contributed by atoms with van der Waals surface area (Å²) in [6.45, 7) is 2.15. The van der Waals surface area contributed by atoms with Crippen LogP contribution in [-0.4, -0.2) is 31.8 Å². The molecule has 0 aromatic heterocycles. The van der Waals surface area contributed by atoms with Gasteiger partial charge in [-0.05, 0) is 30.7 Å². The predicted molar refractivity (Wildman–Crippen MR) is 95.4 cm³/mol. The van der Waals surface area contributed by atoms with Crippen LogP contribution >= 0.6 is 0 Å². The summed E-state index contributed by atoms with van der Waals surface area (Å²) < 4.78 is 27.5. The standard InChI is InChI=1S/C17H17N3O5S/c1-2-18-17(21)16-11-12-5-3-4-6-15(12)19(16)26(24,25)14-9-7-13(8-10-14)20(22)23/h3-10,16H,2,11H2,1H3,(H,18,21). The summed E-state index contributed by atoms with van der Waals surface area (Å²) in [5.41, 5.74) is 1.00. The molecule has 0 radical (unpaired) electrons. The summed E-state index contributed by atoms with van der Waals surface area (Å²) in [4.78, 5) is 22.5. The smallest absolute Gasteiger partial charge is 0.269 e. The second kappa shape index (κ2) is 6.75. The van der Waals surface area contributed by atoms with Gasteiger partial charge in [-0.2, -0.15) is 0 Å². The van der Waals surface area contributed by atoms with E-state index in [1.165, 1.54) is 12.1 Å². The Bertz CT molecular complexity index is 957. The second-order valence-electron chi connectivity index (χ2n) is 5.80. The van der Waals surface area contributed by atoms with Crippen LogP contribution in [0.3, 0.4) is 0 Å². The van der Waals surface area contributed by atoms with Gasteiger partial charge >= 0.3 is 0 Å². The third-order valence-corrected chi connectivity index (χ3v) is 6.02. The zero-order valence-corrected chi connectivity index (χ0v) is 14.8. The molecule has 1 aliphatic heterocycles. The number of nitrogens with one attached hydrogen (secondary N) is 1. The lowest BCUT2D eigenvalue weighted by Gasteiger charge is -2.26. The van der Waals surface area contributed by atoms with E-state index in [4.69, 9.17) is 0 Å². The molecule has 26 heavy (non-hydrogen) atoms. The number of carbonyl (C=O) groups is 1. The van der Waals surface area contributed by atoms with Gasteiger partial charge in [0.25, 0.3) is 15.7 Å². The lowest BCUT2D eigenvalue weighted by atomic mass is 10.1. The Kier molecular flexibility index (Phi) is 4.64. The monoisotopic (exact) mass is 375 g/mol. The molecule has 8 nitrogen and oxygen atoms in total. The van der Waals surface area contributed by atoms with Crippen LogP contribution in [0.25, 0.3) is 0 Å². The molecule has 1 N–H and O–H groups in total. The van der Waals surface area contributed by atoms with Gasteiger partial charge in [0.1, 0.15) is 6.04 Å². The molecule has 1 heterocycles. The number of benzene rings is 2. The number of amides is 1. The van der Waals surface area contributed by atoms with E-state index in [9.17, 15) is 23.3 Å². The maximum Gasteiger partial charge on any atom is 0.269 e. The molecule has 0 spiro atoms. The normalized spacial score (nSPS) is 16.2. The van der Waals surface area contributed by atoms with Crippen molar-refractivity contribution >= 4 is 27.3 Å². The number of hydrogen-bond donors (Lipinski definition) is 1. The summed E-state index contributed by atoms with van der Waals surface area (Å²) in [6, 6.07) is 10.7. The lowest BCUT2D eigenvalue weighted by Crippen LogP contribution is -2.47. The highest BCUT2D eigenvalue weighted by atomic mass is 32.2. The van der Waals surface area contributed by atoms with Gasteiger partial charge in [0.15, 0.2) is 0 Å². The van der Waals surface area contributed by atoms with Crippen LogP contribution in [0.5, 0.6) is 0 Å². The van der Waals surface area contributed by atoms with Gasteiger partial charge < -0.3 is 5.32 Å². The molecule has 1 unspecified atom stereocenters. The fraction of sp³-hybridized carbons (Fsp3) is 0.235. The average Bonchev–Trinajstić information content (AvgIpc) is 3.02. The fourth-order valence-electron chi connectivity index (χ4n) is 3.00. The highest BCUT2D eigenvalue weighted by molar-refractivity contribution is 7.93. The van der Waals surface area contributed by atoms with Crippen LogP contribution in [0, 0.1) is 10.1 Å². The van der Waals surface area contributed by atoms with Crippen LogP contribution in [0.2, 0.25) is 0 Å². The Morgan fingerprint density at radius 1 is 1.23 bits per heavy atom. The highest BCUT2D eigenvalue weighted by Gasteiger charge is 2.42. The van der Waals surface area contributed by atoms with E-state index in [-0.39, 0.29) is 22.9 Å². The van der Waals surface area contributed by atoms with Crippen molar-refractivity contribution < 1.29 is 18.1 Å². The number of hydrogen-bond acceptors (Lipinski definition) is 5. The maximum absolute atomic E-state index is 13.2. The van der Waals surface area contributed by atoms with E-state index >= 15 is 0 Å². The second-order valence-corrected chi connectivity index (χ2v) is 7.61. The highest BCUT2D eigenvalue weighted by Crippen LogP contribution is 2.37. The molecule has 0 saturated carbocycles. The van der Waals surface area contributed by atoms with Crippen molar-refractivity contribution in [2.24, 2.45) is 0 Å². The lowest BCUT2D eigenvalue weighted by molar-refractivity contribution is -0.384. The third-order valence-electron chi connectivity index (χ3n) is 4.18. The average molecular weight is 375 g/mol. The van der Waals surface area contributed by atoms with Crippen molar-refractivity contribution in [2.75, 3.05) is 10.8 Å². The Labute approximate surface area is 150 Å². The molecule has 1 amide bonds. The first-order chi connectivity index (χ1) is 12.4. The first-order valence-electron chi connectivity index (χ1n) is 8.00. The molecule has 9 heteroatoms. The van der Waals surface area contributed by atoms with E-state index in [1.54, 1.807) is 31.2 Å². The number of nitro groups is 1. The van der Waals surface area contributed by atoms with Crippen molar-refractivity contribution in [1.29, 1.82) is 0 Å². The molecule has 1 atom stereocenters. The summed E-state index contributed by atoms with van der Waals surface area (Å²) in [5, 5.41) is 13.5. The minimum Gasteiger partial charge on any atom is -0.355 e. The number of non-ortho nitro benzene ring substituents is 1. The molecule has 0 saturated heterocycles. The first kappa shape index (κ1) is 17.9. The molecule has 0 bridgehead atoms. The molecular formula is C17H17N3O5S. The summed E-state index contributed by atoms with van der Waals surface area (Å²) in [5.74, 6) is -0.380. The molecule has 0 fully saturated rings. The Morgan fingerprint density at radius 2 is 1.88 bits per heavy atom. The zero-order valence-electron chi connectivity index (χ0n) is 14.0. The number of rotatable bonds is 5. The minimum atomic E-state index is -4.06. The molecule has 2 aromatic rings. The van der Waals surface area contributed by atoms with E-state index in [0.717, 1.165) is 22.0 Å². The largest absolute Gasteiger partial charge is 0.355 e. The number of likely N-dealkylation sites (N-methyl/N-ethyl adjacent to an activating group) is 1. The van der Waals surface area contributed by atoms with Crippen molar-refractivity contribution in [3.05, 3.63) is 64.2 Å². The molecule has 3 rings (SSSR count). The quantitative estimate of drug-likeness (QED) is 0.633. The van der Waals surface area contributed by atoms with Crippen LogP contribution < -0.4 is 9.62 Å². The van der Waals surface area contributed by atoms with Gasteiger partial charge in [-0.3, -0.25) is 19.2 Å². The van der Waals surface area contributed by atoms with Gasteiger partial charge in [0.2, 0.25) is 5.91 Å². The van der Waals surface area contributed by atoms with Crippen LogP contribution in [0.15, 0.2) is 53.4 Å². The molecular weight excluding hydrogens is 358 g/mol. The Morgan fingerprint density at radius 3 is 2.50 bits per heavy atom. The SMILES string of the molecule is CCNC(=O)C1Cc2ccccc2N1S(=O)(=O)c1ccc([N+](=O)[O-])cc1. The van der Waals surface area contributed by atoms with Crippen LogP contribution in [0.4, 0.5) is 11.4 Å². The number of nitro benzene ring substituents is 1. The van der Waals surface area contributed by atoms with Crippen molar-refractivity contribution in [1.82, 2.24) is 5.32 Å². The van der Waals surface area contributed by atoms with Gasteiger partial charge in [0.05, 0.1) is 15.5 Å². The van der Waals surface area contributed by atoms with E-state index in [1.807, 2.05) is 0 Å². The minimum absolute atomic E-state index is 0.103. The number of sulfonamides is 1. The molecule has 1 aliphatic rings. The number of nitrogens with zero attached hydrogens (tertiary/aromatic N) is 2. The van der Waals surface area contributed by atoms with Crippen molar-refractivity contribution in [3.63, 3.8) is 0 Å². The van der Waals surface area contributed by atoms with E-state index in [0.29, 0.717) is 12.2 Å². The van der Waals surface area contributed by atoms with E-state index in [2.05, 4.69) is 5.32 Å². The van der Waals surface area contributed by atoms with Gasteiger partial charge in [0, 0.05) is 25.1 Å². The zero-order chi connectivity index (χ0) is 18.9. The Balaban J connectivity index is 2.07. The number of anilines is 1. The summed E-state index contributed by atoms with van der Waals surface area (Å²) in [6.07, 6.45) is 0.272. The van der Waals surface area contributed by atoms with Gasteiger partial charge in [-0.25, -0.2) is 8.42 Å². The number of fused-ring (bicyclic) bond motifs is 1. The van der Waals surface area contributed by atoms with Crippen LogP contribution in [0.1, 0.15) is 12.5 Å². The van der Waals surface area contributed by atoms with Gasteiger partial charge in [-0.15, -0.1) is 0 Å². The number of carbonyl (C=O) groups excluding carboxylic acids is 1. The van der Waals surface area contributed by atoms with Crippen molar-refractivity contribution in [3.8, 4) is 0 Å². The predicted octanol–water partition coefficient (Wildman–Crippen LogP) is 1.85.